The van der Waals surface area contributed by atoms with E-state index in [9.17, 15) is 4.79 Å². The number of fused-ring (bicyclic) bond motifs is 3. The quantitative estimate of drug-likeness (QED) is 0.401. The maximum absolute atomic E-state index is 12.7. The Morgan fingerprint density at radius 1 is 1.26 bits per heavy atom. The van der Waals surface area contributed by atoms with Gasteiger partial charge in [-0.25, -0.2) is 9.97 Å². The van der Waals surface area contributed by atoms with E-state index in [1.54, 1.807) is 35.9 Å². The van der Waals surface area contributed by atoms with Crippen LogP contribution in [-0.2, 0) is 17.6 Å². The second-order valence-electron chi connectivity index (χ2n) is 6.44. The van der Waals surface area contributed by atoms with Crippen LogP contribution < -0.4 is 5.32 Å². The predicted molar refractivity (Wildman–Crippen MR) is 114 cm³/mol. The Balaban J connectivity index is 1.57. The Morgan fingerprint density at radius 2 is 2.07 bits per heavy atom. The topological polar surface area (TPSA) is 54.9 Å². The molecule has 0 fully saturated rings. The molecule has 27 heavy (non-hydrogen) atoms. The van der Waals surface area contributed by atoms with Gasteiger partial charge >= 0.3 is 0 Å². The van der Waals surface area contributed by atoms with E-state index < -0.39 is 0 Å². The van der Waals surface area contributed by atoms with Crippen molar-refractivity contribution in [3.8, 4) is 0 Å². The van der Waals surface area contributed by atoms with E-state index in [-0.39, 0.29) is 11.2 Å². The van der Waals surface area contributed by atoms with Crippen molar-refractivity contribution in [2.24, 2.45) is 0 Å². The number of benzene rings is 1. The molecule has 1 aromatic carbocycles. The fourth-order valence-electron chi connectivity index (χ4n) is 3.20. The van der Waals surface area contributed by atoms with Gasteiger partial charge in [-0.05, 0) is 56.4 Å². The molecule has 4 nitrogen and oxygen atoms in total. The first-order valence-corrected chi connectivity index (χ1v) is 11.2. The lowest BCUT2D eigenvalue weighted by Gasteiger charge is -2.14. The van der Waals surface area contributed by atoms with Gasteiger partial charge in [-0.3, -0.25) is 4.79 Å². The molecule has 1 N–H and O–H groups in total. The van der Waals surface area contributed by atoms with Gasteiger partial charge in [0.25, 0.3) is 0 Å². The summed E-state index contributed by atoms with van der Waals surface area (Å²) in [5, 5.41) is 5.51. The molecule has 0 aliphatic heterocycles. The van der Waals surface area contributed by atoms with Crippen molar-refractivity contribution in [2.45, 2.75) is 42.9 Å². The molecule has 3 aromatic rings. The van der Waals surface area contributed by atoms with E-state index in [0.29, 0.717) is 15.7 Å². The number of nitrogens with one attached hydrogen (secondary N) is 1. The number of hydrogen-bond acceptors (Lipinski definition) is 5. The lowest BCUT2D eigenvalue weighted by atomic mass is 9.97. The molecule has 4 rings (SSSR count). The van der Waals surface area contributed by atoms with E-state index in [2.05, 4.69) is 15.3 Å². The van der Waals surface area contributed by atoms with E-state index in [4.69, 9.17) is 23.2 Å². The number of rotatable bonds is 4. The average Bonchev–Trinajstić information content (AvgIpc) is 3.04. The van der Waals surface area contributed by atoms with Crippen LogP contribution in [0.25, 0.3) is 10.2 Å². The first kappa shape index (κ1) is 19.0. The number of aromatic nitrogens is 2. The molecule has 1 aliphatic rings. The largest absolute Gasteiger partial charge is 0.324 e. The molecule has 140 valence electrons. The normalized spacial score (nSPS) is 14.8. The zero-order valence-electron chi connectivity index (χ0n) is 14.6. The maximum atomic E-state index is 12.7. The summed E-state index contributed by atoms with van der Waals surface area (Å²) >= 11 is 15.4. The molecule has 0 saturated carbocycles. The van der Waals surface area contributed by atoms with Gasteiger partial charge in [0.05, 0.1) is 16.0 Å². The lowest BCUT2D eigenvalue weighted by Crippen LogP contribution is -2.22. The number of aryl methyl sites for hydroxylation is 2. The minimum Gasteiger partial charge on any atom is -0.324 e. The van der Waals surface area contributed by atoms with Crippen LogP contribution in [0.15, 0.2) is 29.6 Å². The molecule has 1 atom stereocenters. The van der Waals surface area contributed by atoms with Crippen LogP contribution >= 0.6 is 46.3 Å². The number of carbonyl (C=O) groups is 1. The smallest absolute Gasteiger partial charge is 0.237 e. The Labute approximate surface area is 175 Å². The predicted octanol–water partition coefficient (Wildman–Crippen LogP) is 6.00. The molecular formula is C19H17Cl2N3OS2. The third kappa shape index (κ3) is 3.94. The fraction of sp³-hybridized carbons (Fsp3) is 0.316. The minimum atomic E-state index is -0.336. The van der Waals surface area contributed by atoms with Crippen LogP contribution in [0.1, 0.15) is 30.2 Å². The van der Waals surface area contributed by atoms with Gasteiger partial charge in [-0.15, -0.1) is 11.3 Å². The Kier molecular flexibility index (Phi) is 5.60. The molecule has 0 spiro atoms. The standard InChI is InChI=1S/C19H17Cl2N3OS2/c1-10(17(25)24-14-8-11(20)6-7-13(14)21)26-18-16-12-4-2-3-5-15(12)27-19(16)23-9-22-18/h6-10H,2-5H2,1H3,(H,24,25)/t10-/m0/s1. The van der Waals surface area contributed by atoms with Crippen molar-refractivity contribution in [1.82, 2.24) is 9.97 Å². The van der Waals surface area contributed by atoms with Gasteiger partial charge in [0.2, 0.25) is 5.91 Å². The first-order valence-electron chi connectivity index (χ1n) is 8.70. The highest BCUT2D eigenvalue weighted by Crippen LogP contribution is 2.40. The molecule has 1 aliphatic carbocycles. The molecule has 0 radical (unpaired) electrons. The van der Waals surface area contributed by atoms with Crippen molar-refractivity contribution in [3.05, 3.63) is 45.0 Å². The second-order valence-corrected chi connectivity index (χ2v) is 9.70. The molecule has 2 heterocycles. The third-order valence-electron chi connectivity index (χ3n) is 4.56. The average molecular weight is 438 g/mol. The zero-order chi connectivity index (χ0) is 19.0. The number of hydrogen-bond donors (Lipinski definition) is 1. The SMILES string of the molecule is C[C@H](Sc1ncnc2sc3c(c12)CCCC3)C(=O)Nc1cc(Cl)ccc1Cl. The highest BCUT2D eigenvalue weighted by molar-refractivity contribution is 8.00. The van der Waals surface area contributed by atoms with Crippen molar-refractivity contribution in [2.75, 3.05) is 5.32 Å². The van der Waals surface area contributed by atoms with Crippen molar-refractivity contribution >= 4 is 68.1 Å². The van der Waals surface area contributed by atoms with E-state index >= 15 is 0 Å². The van der Waals surface area contributed by atoms with Crippen molar-refractivity contribution in [3.63, 3.8) is 0 Å². The first-order chi connectivity index (χ1) is 13.0. The fourth-order valence-corrected chi connectivity index (χ4v) is 5.78. The number of amides is 1. The third-order valence-corrected chi connectivity index (χ3v) is 7.43. The summed E-state index contributed by atoms with van der Waals surface area (Å²) in [5.74, 6) is -0.139. The summed E-state index contributed by atoms with van der Waals surface area (Å²) in [4.78, 5) is 24.0. The molecule has 8 heteroatoms. The van der Waals surface area contributed by atoms with Gasteiger partial charge in [0, 0.05) is 15.3 Å². The van der Waals surface area contributed by atoms with Crippen LogP contribution in [0.5, 0.6) is 0 Å². The Morgan fingerprint density at radius 3 is 2.93 bits per heavy atom. The van der Waals surface area contributed by atoms with Crippen LogP contribution in [0.4, 0.5) is 5.69 Å². The number of thiophene rings is 1. The molecule has 0 bridgehead atoms. The number of carbonyl (C=O) groups excluding carboxylic acids is 1. The highest BCUT2D eigenvalue weighted by Gasteiger charge is 2.23. The minimum absolute atomic E-state index is 0.139. The van der Waals surface area contributed by atoms with Gasteiger partial charge in [0.15, 0.2) is 0 Å². The monoisotopic (exact) mass is 437 g/mol. The van der Waals surface area contributed by atoms with E-state index in [1.807, 2.05) is 6.92 Å². The molecular weight excluding hydrogens is 421 g/mol. The summed E-state index contributed by atoms with van der Waals surface area (Å²) < 4.78 is 0. The number of thioether (sulfide) groups is 1. The maximum Gasteiger partial charge on any atom is 0.237 e. The summed E-state index contributed by atoms with van der Waals surface area (Å²) in [6.45, 7) is 1.87. The molecule has 0 unspecified atom stereocenters. The van der Waals surface area contributed by atoms with Gasteiger partial charge < -0.3 is 5.32 Å². The summed E-state index contributed by atoms with van der Waals surface area (Å²) in [6.07, 6.45) is 6.19. The second kappa shape index (κ2) is 7.95. The van der Waals surface area contributed by atoms with Gasteiger partial charge in [0.1, 0.15) is 16.2 Å². The van der Waals surface area contributed by atoms with Gasteiger partial charge in [-0.2, -0.15) is 0 Å². The zero-order valence-corrected chi connectivity index (χ0v) is 17.7. The summed E-state index contributed by atoms with van der Waals surface area (Å²) in [5.41, 5.74) is 1.89. The lowest BCUT2D eigenvalue weighted by molar-refractivity contribution is -0.115. The number of halogens is 2. The molecule has 2 aromatic heterocycles. The summed E-state index contributed by atoms with van der Waals surface area (Å²) in [7, 11) is 0. The van der Waals surface area contributed by atoms with Gasteiger partial charge in [-0.1, -0.05) is 35.0 Å². The van der Waals surface area contributed by atoms with Crippen LogP contribution in [0.2, 0.25) is 10.0 Å². The van der Waals surface area contributed by atoms with Crippen LogP contribution in [0, 0.1) is 0 Å². The molecule has 0 saturated heterocycles. The summed E-state index contributed by atoms with van der Waals surface area (Å²) in [6, 6.07) is 5.01. The van der Waals surface area contributed by atoms with E-state index in [0.717, 1.165) is 28.1 Å². The number of anilines is 1. The molecule has 1 amide bonds. The van der Waals surface area contributed by atoms with Crippen molar-refractivity contribution in [1.29, 1.82) is 0 Å². The number of nitrogens with zero attached hydrogens (tertiary/aromatic N) is 2. The van der Waals surface area contributed by atoms with E-state index in [1.165, 1.54) is 35.0 Å². The van der Waals surface area contributed by atoms with Crippen LogP contribution in [-0.4, -0.2) is 21.1 Å². The Hall–Kier alpha value is -1.34. The Bertz CT molecular complexity index is 1020. The van der Waals surface area contributed by atoms with Crippen LogP contribution in [0.3, 0.4) is 0 Å². The van der Waals surface area contributed by atoms with Crippen molar-refractivity contribution < 1.29 is 4.79 Å². The highest BCUT2D eigenvalue weighted by atomic mass is 35.5.